The maximum absolute atomic E-state index is 13.3. The quantitative estimate of drug-likeness (QED) is 0.415. The van der Waals surface area contributed by atoms with Gasteiger partial charge in [0.25, 0.3) is 5.56 Å². The van der Waals surface area contributed by atoms with Gasteiger partial charge in [-0.3, -0.25) is 13.9 Å². The molecule has 3 aromatic rings. The molecule has 1 aliphatic heterocycles. The topological polar surface area (TPSA) is 65.1 Å². The van der Waals surface area contributed by atoms with Crippen LogP contribution in [0.15, 0.2) is 38.3 Å². The fourth-order valence-corrected chi connectivity index (χ4v) is 4.63. The predicted molar refractivity (Wildman–Crippen MR) is 128 cm³/mol. The van der Waals surface area contributed by atoms with Crippen LogP contribution in [-0.2, 0) is 20.1 Å². The van der Waals surface area contributed by atoms with Crippen LogP contribution in [0.25, 0.3) is 11.2 Å². The summed E-state index contributed by atoms with van der Waals surface area (Å²) in [5.41, 5.74) is 1.50. The van der Waals surface area contributed by atoms with Gasteiger partial charge in [-0.25, -0.2) is 4.79 Å². The van der Waals surface area contributed by atoms with Gasteiger partial charge in [-0.05, 0) is 30.7 Å². The van der Waals surface area contributed by atoms with Crippen LogP contribution in [0.2, 0.25) is 0 Å². The van der Waals surface area contributed by atoms with Gasteiger partial charge in [-0.1, -0.05) is 61.4 Å². The maximum atomic E-state index is 13.3. The average Bonchev–Trinajstić information content (AvgIpc) is 3.34. The number of halogens is 1. The monoisotopic (exact) mass is 487 g/mol. The van der Waals surface area contributed by atoms with Crippen molar-refractivity contribution in [2.75, 3.05) is 11.4 Å². The summed E-state index contributed by atoms with van der Waals surface area (Å²) in [6.07, 6.45) is 8.04. The molecule has 0 bridgehead atoms. The maximum Gasteiger partial charge on any atom is 0.332 e. The molecule has 4 rings (SSSR count). The number of aromatic nitrogens is 4. The normalized spacial score (nSPS) is 13.3. The second kappa shape index (κ2) is 9.42. The average molecular weight is 488 g/mol. The summed E-state index contributed by atoms with van der Waals surface area (Å²) in [6.45, 7) is 4.10. The minimum absolute atomic E-state index is 0.222. The molecule has 0 spiro atoms. The summed E-state index contributed by atoms with van der Waals surface area (Å²) in [5.74, 6) is 0.720. The number of fused-ring (bicyclic) bond motifs is 3. The number of hydrogen-bond donors (Lipinski definition) is 0. The molecule has 166 valence electrons. The molecular formula is C23H30BrN5O2. The lowest BCUT2D eigenvalue weighted by Crippen LogP contribution is -2.39. The molecule has 0 aliphatic carbocycles. The van der Waals surface area contributed by atoms with Crippen LogP contribution in [0.1, 0.15) is 51.9 Å². The zero-order valence-corrected chi connectivity index (χ0v) is 19.9. The molecule has 7 nitrogen and oxygen atoms in total. The Morgan fingerprint density at radius 3 is 2.35 bits per heavy atom. The number of unbranched alkanes of at least 4 members (excludes halogenated alkanes) is 6. The molecule has 8 heteroatoms. The van der Waals surface area contributed by atoms with E-state index in [2.05, 4.69) is 27.8 Å². The molecule has 1 aliphatic rings. The third-order valence-corrected chi connectivity index (χ3v) is 6.65. The highest BCUT2D eigenvalue weighted by atomic mass is 79.9. The summed E-state index contributed by atoms with van der Waals surface area (Å²) in [6, 6.07) is 8.03. The number of aryl methyl sites for hydroxylation is 1. The number of nitrogens with zero attached hydrogens (tertiary/aromatic N) is 5. The van der Waals surface area contributed by atoms with E-state index in [1.54, 1.807) is 7.05 Å². The molecule has 0 atom stereocenters. The Balaban J connectivity index is 1.61. The Bertz CT molecular complexity index is 1180. The second-order valence-corrected chi connectivity index (χ2v) is 9.20. The van der Waals surface area contributed by atoms with Crippen LogP contribution in [0, 0.1) is 0 Å². The van der Waals surface area contributed by atoms with Crippen molar-refractivity contribution in [3.05, 3.63) is 49.6 Å². The van der Waals surface area contributed by atoms with Crippen LogP contribution in [0.3, 0.4) is 0 Å². The second-order valence-electron chi connectivity index (χ2n) is 8.28. The molecule has 0 radical (unpaired) electrons. The van der Waals surface area contributed by atoms with E-state index in [-0.39, 0.29) is 11.2 Å². The molecule has 1 aromatic carbocycles. The van der Waals surface area contributed by atoms with E-state index in [0.29, 0.717) is 24.3 Å². The first-order valence-corrected chi connectivity index (χ1v) is 12.1. The molecule has 0 fully saturated rings. The first-order valence-electron chi connectivity index (χ1n) is 11.3. The molecule has 0 saturated heterocycles. The Morgan fingerprint density at radius 1 is 0.968 bits per heavy atom. The molecular weight excluding hydrogens is 458 g/mol. The Hall–Kier alpha value is -2.35. The van der Waals surface area contributed by atoms with Gasteiger partial charge in [0.05, 0.1) is 0 Å². The van der Waals surface area contributed by atoms with Gasteiger partial charge in [-0.15, -0.1) is 0 Å². The minimum atomic E-state index is -0.282. The minimum Gasteiger partial charge on any atom is -0.310 e. The largest absolute Gasteiger partial charge is 0.332 e. The van der Waals surface area contributed by atoms with Gasteiger partial charge in [0.15, 0.2) is 11.2 Å². The number of benzene rings is 1. The fraction of sp³-hybridized carbons (Fsp3) is 0.522. The van der Waals surface area contributed by atoms with Crippen molar-refractivity contribution >= 4 is 38.7 Å². The standard InChI is InChI=1S/C23H30BrN5O2/c1-3-4-5-6-7-8-9-14-29-21(30)19-20(26(2)23(29)31)25-22-27(15-16-28(19)22)18-12-10-17(24)11-13-18/h10-13H,3-9,14-16H2,1-2H3. The molecule has 0 amide bonds. The van der Waals surface area contributed by atoms with Gasteiger partial charge >= 0.3 is 5.69 Å². The summed E-state index contributed by atoms with van der Waals surface area (Å²) < 4.78 is 5.88. The van der Waals surface area contributed by atoms with E-state index >= 15 is 0 Å². The lowest BCUT2D eigenvalue weighted by molar-refractivity contribution is 0.522. The predicted octanol–water partition coefficient (Wildman–Crippen LogP) is 4.56. The summed E-state index contributed by atoms with van der Waals surface area (Å²) >= 11 is 3.47. The van der Waals surface area contributed by atoms with Crippen molar-refractivity contribution in [2.24, 2.45) is 7.05 Å². The Labute approximate surface area is 190 Å². The first-order chi connectivity index (χ1) is 15.0. The summed E-state index contributed by atoms with van der Waals surface area (Å²) in [4.78, 5) is 33.0. The van der Waals surface area contributed by atoms with Gasteiger partial charge < -0.3 is 9.47 Å². The van der Waals surface area contributed by atoms with Gasteiger partial charge in [0.1, 0.15) is 0 Å². The third-order valence-electron chi connectivity index (χ3n) is 6.12. The zero-order chi connectivity index (χ0) is 22.0. The van der Waals surface area contributed by atoms with Crippen LogP contribution in [0.5, 0.6) is 0 Å². The van der Waals surface area contributed by atoms with Crippen molar-refractivity contribution < 1.29 is 0 Å². The summed E-state index contributed by atoms with van der Waals surface area (Å²) in [5, 5.41) is 0. The van der Waals surface area contributed by atoms with Crippen molar-refractivity contribution in [1.82, 2.24) is 18.7 Å². The molecule has 2 aromatic heterocycles. The third kappa shape index (κ3) is 4.22. The summed E-state index contributed by atoms with van der Waals surface area (Å²) in [7, 11) is 1.71. The van der Waals surface area contributed by atoms with Gasteiger partial charge in [-0.2, -0.15) is 4.98 Å². The van der Waals surface area contributed by atoms with E-state index < -0.39 is 0 Å². The number of rotatable bonds is 9. The Kier molecular flexibility index (Phi) is 6.65. The lowest BCUT2D eigenvalue weighted by atomic mass is 10.1. The van der Waals surface area contributed by atoms with Gasteiger partial charge in [0, 0.05) is 36.8 Å². The Morgan fingerprint density at radius 2 is 1.65 bits per heavy atom. The number of imidazole rings is 1. The van der Waals surface area contributed by atoms with E-state index in [9.17, 15) is 9.59 Å². The first kappa shape index (κ1) is 21.9. The molecule has 0 saturated carbocycles. The highest BCUT2D eigenvalue weighted by molar-refractivity contribution is 9.10. The molecule has 31 heavy (non-hydrogen) atoms. The van der Waals surface area contributed by atoms with Gasteiger partial charge in [0.2, 0.25) is 5.95 Å². The van der Waals surface area contributed by atoms with Crippen molar-refractivity contribution in [1.29, 1.82) is 0 Å². The highest BCUT2D eigenvalue weighted by Crippen LogP contribution is 2.32. The highest BCUT2D eigenvalue weighted by Gasteiger charge is 2.28. The van der Waals surface area contributed by atoms with E-state index in [0.717, 1.165) is 41.9 Å². The fourth-order valence-electron chi connectivity index (χ4n) is 4.37. The van der Waals surface area contributed by atoms with Crippen molar-refractivity contribution in [3.63, 3.8) is 0 Å². The van der Waals surface area contributed by atoms with Crippen LogP contribution >= 0.6 is 15.9 Å². The van der Waals surface area contributed by atoms with Crippen LogP contribution in [-0.4, -0.2) is 25.2 Å². The van der Waals surface area contributed by atoms with Crippen molar-refractivity contribution in [2.45, 2.75) is 65.0 Å². The van der Waals surface area contributed by atoms with Crippen LogP contribution < -0.4 is 16.1 Å². The molecule has 3 heterocycles. The SMILES string of the molecule is CCCCCCCCCn1c(=O)c2c(nc3n2CCN3c2ccc(Br)cc2)n(C)c1=O. The lowest BCUT2D eigenvalue weighted by Gasteiger charge is -2.15. The number of anilines is 2. The smallest absolute Gasteiger partial charge is 0.310 e. The molecule has 0 N–H and O–H groups in total. The zero-order valence-electron chi connectivity index (χ0n) is 18.3. The number of hydrogen-bond acceptors (Lipinski definition) is 4. The molecule has 0 unspecified atom stereocenters. The van der Waals surface area contributed by atoms with E-state index in [1.807, 2.05) is 28.8 Å². The van der Waals surface area contributed by atoms with E-state index in [4.69, 9.17) is 4.98 Å². The van der Waals surface area contributed by atoms with E-state index in [1.165, 1.54) is 34.8 Å². The van der Waals surface area contributed by atoms with Crippen molar-refractivity contribution in [3.8, 4) is 0 Å². The van der Waals surface area contributed by atoms with Crippen LogP contribution in [0.4, 0.5) is 11.6 Å².